The molecule has 3 unspecified atom stereocenters. The SMILES string of the molecule is Cc1occc1C(=O)N1CC2CCCC2C1C(=O)O. The van der Waals surface area contributed by atoms with Crippen molar-refractivity contribution in [2.75, 3.05) is 6.54 Å². The standard InChI is InChI=1S/C14H17NO4/c1-8-10(5-6-19-8)13(16)15-7-9-3-2-4-11(9)12(15)14(17)18/h5-6,9,11-12H,2-4,7H2,1H3,(H,17,18). The highest BCUT2D eigenvalue weighted by Crippen LogP contribution is 2.42. The zero-order chi connectivity index (χ0) is 13.6. The van der Waals surface area contributed by atoms with Crippen molar-refractivity contribution in [2.24, 2.45) is 11.8 Å². The van der Waals surface area contributed by atoms with Gasteiger partial charge in [-0.3, -0.25) is 4.79 Å². The van der Waals surface area contributed by atoms with Crippen LogP contribution in [-0.2, 0) is 4.79 Å². The average molecular weight is 263 g/mol. The molecule has 0 bridgehead atoms. The lowest BCUT2D eigenvalue weighted by atomic mass is 9.94. The van der Waals surface area contributed by atoms with Gasteiger partial charge in [0, 0.05) is 6.54 Å². The van der Waals surface area contributed by atoms with E-state index in [4.69, 9.17) is 4.42 Å². The van der Waals surface area contributed by atoms with Gasteiger partial charge in [-0.05, 0) is 37.7 Å². The molecule has 19 heavy (non-hydrogen) atoms. The largest absolute Gasteiger partial charge is 0.480 e. The molecule has 1 aromatic heterocycles. The monoisotopic (exact) mass is 263 g/mol. The number of carbonyl (C=O) groups excluding carboxylic acids is 1. The fourth-order valence-corrected chi connectivity index (χ4v) is 3.59. The third-order valence-corrected chi connectivity index (χ3v) is 4.49. The van der Waals surface area contributed by atoms with Gasteiger partial charge in [0.25, 0.3) is 5.91 Å². The van der Waals surface area contributed by atoms with E-state index in [0.29, 0.717) is 23.8 Å². The lowest BCUT2D eigenvalue weighted by Crippen LogP contribution is -2.43. The number of rotatable bonds is 2. The molecule has 5 nitrogen and oxygen atoms in total. The normalized spacial score (nSPS) is 29.5. The Morgan fingerprint density at radius 3 is 2.84 bits per heavy atom. The molecule has 1 saturated heterocycles. The van der Waals surface area contributed by atoms with E-state index in [1.807, 2.05) is 0 Å². The third-order valence-electron chi connectivity index (χ3n) is 4.49. The molecule has 1 aromatic rings. The Morgan fingerprint density at radius 2 is 2.21 bits per heavy atom. The Labute approximate surface area is 111 Å². The molecule has 2 aliphatic rings. The van der Waals surface area contributed by atoms with Crippen LogP contribution in [0.15, 0.2) is 16.7 Å². The van der Waals surface area contributed by atoms with Crippen LogP contribution in [0.4, 0.5) is 0 Å². The molecule has 2 heterocycles. The van der Waals surface area contributed by atoms with Crippen molar-refractivity contribution < 1.29 is 19.1 Å². The van der Waals surface area contributed by atoms with E-state index in [9.17, 15) is 14.7 Å². The molecule has 0 radical (unpaired) electrons. The summed E-state index contributed by atoms with van der Waals surface area (Å²) in [5.74, 6) is -0.0888. The van der Waals surface area contributed by atoms with Crippen molar-refractivity contribution in [1.29, 1.82) is 0 Å². The van der Waals surface area contributed by atoms with E-state index in [-0.39, 0.29) is 11.8 Å². The van der Waals surface area contributed by atoms with Gasteiger partial charge in [0.05, 0.1) is 11.8 Å². The van der Waals surface area contributed by atoms with Crippen LogP contribution >= 0.6 is 0 Å². The number of hydrogen-bond donors (Lipinski definition) is 1. The fraction of sp³-hybridized carbons (Fsp3) is 0.571. The summed E-state index contributed by atoms with van der Waals surface area (Å²) in [7, 11) is 0. The van der Waals surface area contributed by atoms with E-state index in [2.05, 4.69) is 0 Å². The quantitative estimate of drug-likeness (QED) is 0.884. The summed E-state index contributed by atoms with van der Waals surface area (Å²) in [5, 5.41) is 9.43. The maximum atomic E-state index is 12.5. The van der Waals surface area contributed by atoms with Gasteiger partial charge in [-0.2, -0.15) is 0 Å². The van der Waals surface area contributed by atoms with Crippen LogP contribution < -0.4 is 0 Å². The molecule has 2 fully saturated rings. The molecular formula is C14H17NO4. The van der Waals surface area contributed by atoms with Crippen molar-refractivity contribution in [3.05, 3.63) is 23.7 Å². The van der Waals surface area contributed by atoms with E-state index in [0.717, 1.165) is 19.3 Å². The van der Waals surface area contributed by atoms with Gasteiger partial charge in [0.15, 0.2) is 0 Å². The minimum Gasteiger partial charge on any atom is -0.480 e. The van der Waals surface area contributed by atoms with Gasteiger partial charge < -0.3 is 14.4 Å². The minimum atomic E-state index is -0.885. The van der Waals surface area contributed by atoms with E-state index >= 15 is 0 Å². The Bertz CT molecular complexity index is 521. The number of carbonyl (C=O) groups is 2. The zero-order valence-electron chi connectivity index (χ0n) is 10.8. The number of amides is 1. The Kier molecular flexibility index (Phi) is 2.84. The first kappa shape index (κ1) is 12.3. The highest BCUT2D eigenvalue weighted by Gasteiger charge is 2.49. The molecule has 1 N–H and O–H groups in total. The van der Waals surface area contributed by atoms with Crippen molar-refractivity contribution in [1.82, 2.24) is 4.90 Å². The molecular weight excluding hydrogens is 246 g/mol. The summed E-state index contributed by atoms with van der Waals surface area (Å²) in [6.45, 7) is 2.28. The predicted molar refractivity (Wildman–Crippen MR) is 66.7 cm³/mol. The number of aryl methyl sites for hydroxylation is 1. The summed E-state index contributed by atoms with van der Waals surface area (Å²) in [5.41, 5.74) is 0.478. The number of furan rings is 1. The lowest BCUT2D eigenvalue weighted by Gasteiger charge is -2.24. The van der Waals surface area contributed by atoms with Gasteiger partial charge in [0.1, 0.15) is 11.8 Å². The van der Waals surface area contributed by atoms with Gasteiger partial charge in [0.2, 0.25) is 0 Å². The highest BCUT2D eigenvalue weighted by molar-refractivity contribution is 5.97. The molecule has 3 rings (SSSR count). The smallest absolute Gasteiger partial charge is 0.326 e. The minimum absolute atomic E-state index is 0.119. The predicted octanol–water partition coefficient (Wildman–Crippen LogP) is 1.91. The van der Waals surface area contributed by atoms with Gasteiger partial charge >= 0.3 is 5.97 Å². The summed E-state index contributed by atoms with van der Waals surface area (Å²) < 4.78 is 5.14. The summed E-state index contributed by atoms with van der Waals surface area (Å²) >= 11 is 0. The highest BCUT2D eigenvalue weighted by atomic mass is 16.4. The number of carboxylic acid groups (broad SMARTS) is 1. The van der Waals surface area contributed by atoms with Gasteiger partial charge in [-0.15, -0.1) is 0 Å². The van der Waals surface area contributed by atoms with Crippen molar-refractivity contribution in [3.63, 3.8) is 0 Å². The fourth-order valence-electron chi connectivity index (χ4n) is 3.59. The third kappa shape index (κ3) is 1.84. The number of carboxylic acids is 1. The van der Waals surface area contributed by atoms with Gasteiger partial charge in [-0.1, -0.05) is 6.42 Å². The lowest BCUT2D eigenvalue weighted by molar-refractivity contribution is -0.142. The molecule has 102 valence electrons. The average Bonchev–Trinajstić information content (AvgIpc) is 3.00. The van der Waals surface area contributed by atoms with Crippen molar-refractivity contribution in [2.45, 2.75) is 32.2 Å². The molecule has 5 heteroatoms. The number of hydrogen-bond acceptors (Lipinski definition) is 3. The first-order valence-corrected chi connectivity index (χ1v) is 6.67. The van der Waals surface area contributed by atoms with Crippen molar-refractivity contribution >= 4 is 11.9 Å². The number of nitrogens with zero attached hydrogens (tertiary/aromatic N) is 1. The van der Waals surface area contributed by atoms with E-state index < -0.39 is 12.0 Å². The van der Waals surface area contributed by atoms with Gasteiger partial charge in [-0.25, -0.2) is 4.79 Å². The molecule has 0 aromatic carbocycles. The summed E-state index contributed by atoms with van der Waals surface area (Å²) in [6, 6.07) is 0.944. The zero-order valence-corrected chi connectivity index (χ0v) is 10.8. The molecule has 1 aliphatic carbocycles. The Balaban J connectivity index is 1.90. The second kappa shape index (κ2) is 4.40. The molecule has 1 aliphatic heterocycles. The first-order chi connectivity index (χ1) is 9.09. The van der Waals surface area contributed by atoms with E-state index in [1.165, 1.54) is 11.2 Å². The molecule has 3 atom stereocenters. The summed E-state index contributed by atoms with van der Waals surface area (Å²) in [4.78, 5) is 25.5. The van der Waals surface area contributed by atoms with Crippen LogP contribution in [0.5, 0.6) is 0 Å². The van der Waals surface area contributed by atoms with E-state index in [1.54, 1.807) is 13.0 Å². The Hall–Kier alpha value is -1.78. The topological polar surface area (TPSA) is 70.8 Å². The number of likely N-dealkylation sites (tertiary alicyclic amines) is 1. The first-order valence-electron chi connectivity index (χ1n) is 6.67. The maximum Gasteiger partial charge on any atom is 0.326 e. The van der Waals surface area contributed by atoms with Crippen LogP contribution in [-0.4, -0.2) is 34.5 Å². The number of fused-ring (bicyclic) bond motifs is 1. The van der Waals surface area contributed by atoms with Crippen LogP contribution in [0.3, 0.4) is 0 Å². The van der Waals surface area contributed by atoms with Crippen LogP contribution in [0.1, 0.15) is 35.4 Å². The van der Waals surface area contributed by atoms with Crippen molar-refractivity contribution in [3.8, 4) is 0 Å². The second-order valence-electron chi connectivity index (χ2n) is 5.49. The maximum absolute atomic E-state index is 12.5. The van der Waals surface area contributed by atoms with Crippen LogP contribution in [0, 0.1) is 18.8 Å². The molecule has 1 amide bonds. The second-order valence-corrected chi connectivity index (χ2v) is 5.49. The van der Waals surface area contributed by atoms with Crippen LogP contribution in [0.25, 0.3) is 0 Å². The Morgan fingerprint density at radius 1 is 1.42 bits per heavy atom. The number of aliphatic carboxylic acids is 1. The molecule has 1 saturated carbocycles. The van der Waals surface area contributed by atoms with Crippen LogP contribution in [0.2, 0.25) is 0 Å². The summed E-state index contributed by atoms with van der Waals surface area (Å²) in [6.07, 6.45) is 4.49. The molecule has 0 spiro atoms.